The van der Waals surface area contributed by atoms with Crippen LogP contribution in [-0.2, 0) is 6.54 Å². The van der Waals surface area contributed by atoms with E-state index in [0.717, 1.165) is 18.7 Å². The molecule has 3 rings (SSSR count). The van der Waals surface area contributed by atoms with Crippen LogP contribution in [0.5, 0.6) is 0 Å². The van der Waals surface area contributed by atoms with E-state index in [0.29, 0.717) is 11.7 Å². The van der Waals surface area contributed by atoms with Gasteiger partial charge < -0.3 is 11.5 Å². The van der Waals surface area contributed by atoms with Crippen molar-refractivity contribution in [1.82, 2.24) is 14.9 Å². The molecule has 1 saturated heterocycles. The van der Waals surface area contributed by atoms with Crippen molar-refractivity contribution >= 4 is 11.8 Å². The van der Waals surface area contributed by atoms with E-state index in [2.05, 4.69) is 40.0 Å². The fourth-order valence-electron chi connectivity index (χ4n) is 3.26. The van der Waals surface area contributed by atoms with Crippen LogP contribution in [0.4, 0.5) is 11.8 Å². The Hall–Kier alpha value is -2.65. The molecule has 1 unspecified atom stereocenters. The number of likely N-dealkylation sites (tertiary alicyclic amines) is 1. The summed E-state index contributed by atoms with van der Waals surface area (Å²) in [5, 5.41) is 9.36. The van der Waals surface area contributed by atoms with Crippen LogP contribution >= 0.6 is 0 Å². The molecule has 6 heteroatoms. The van der Waals surface area contributed by atoms with Crippen LogP contribution in [0.2, 0.25) is 0 Å². The van der Waals surface area contributed by atoms with Crippen molar-refractivity contribution in [1.29, 1.82) is 5.26 Å². The highest BCUT2D eigenvalue weighted by Gasteiger charge is 2.19. The summed E-state index contributed by atoms with van der Waals surface area (Å²) in [4.78, 5) is 10.6. The van der Waals surface area contributed by atoms with Crippen molar-refractivity contribution in [3.8, 4) is 17.3 Å². The minimum Gasteiger partial charge on any atom is -0.382 e. The molecule has 0 saturated carbocycles. The predicted molar refractivity (Wildman–Crippen MR) is 94.7 cm³/mol. The molecule has 0 radical (unpaired) electrons. The smallest absolute Gasteiger partial charge is 0.222 e. The van der Waals surface area contributed by atoms with Crippen LogP contribution < -0.4 is 11.5 Å². The Balaban J connectivity index is 1.93. The van der Waals surface area contributed by atoms with Gasteiger partial charge in [0.25, 0.3) is 0 Å². The third-order valence-corrected chi connectivity index (χ3v) is 4.59. The SMILES string of the molecule is CC1CCCCN1Cc1cccc(-c2nc(N)nc(N)c2C#N)c1. The molecule has 1 fully saturated rings. The molecule has 2 aromatic rings. The number of anilines is 2. The summed E-state index contributed by atoms with van der Waals surface area (Å²) >= 11 is 0. The van der Waals surface area contributed by atoms with E-state index in [1.54, 1.807) is 0 Å². The van der Waals surface area contributed by atoms with Gasteiger partial charge in [0.1, 0.15) is 17.5 Å². The maximum atomic E-state index is 9.36. The molecule has 0 spiro atoms. The monoisotopic (exact) mass is 322 g/mol. The molecule has 0 bridgehead atoms. The van der Waals surface area contributed by atoms with Crippen molar-refractivity contribution in [2.75, 3.05) is 18.0 Å². The molecule has 2 heterocycles. The molecule has 124 valence electrons. The van der Waals surface area contributed by atoms with E-state index in [-0.39, 0.29) is 17.3 Å². The van der Waals surface area contributed by atoms with Crippen LogP contribution in [0.25, 0.3) is 11.3 Å². The number of benzene rings is 1. The summed E-state index contributed by atoms with van der Waals surface area (Å²) in [5.74, 6) is 0.201. The number of nitrogens with two attached hydrogens (primary N) is 2. The molecule has 1 aliphatic rings. The van der Waals surface area contributed by atoms with E-state index in [4.69, 9.17) is 11.5 Å². The maximum Gasteiger partial charge on any atom is 0.222 e. The summed E-state index contributed by atoms with van der Waals surface area (Å²) in [5.41, 5.74) is 14.3. The van der Waals surface area contributed by atoms with Gasteiger partial charge in [0.2, 0.25) is 5.95 Å². The summed E-state index contributed by atoms with van der Waals surface area (Å²) in [7, 11) is 0. The Kier molecular flexibility index (Phi) is 4.63. The zero-order valence-corrected chi connectivity index (χ0v) is 13.9. The minimum atomic E-state index is 0.0801. The third-order valence-electron chi connectivity index (χ3n) is 4.59. The summed E-state index contributed by atoms with van der Waals surface area (Å²) < 4.78 is 0. The first-order chi connectivity index (χ1) is 11.6. The van der Waals surface area contributed by atoms with E-state index < -0.39 is 0 Å². The molecule has 1 aromatic carbocycles. The zero-order chi connectivity index (χ0) is 17.1. The molecular formula is C18H22N6. The van der Waals surface area contributed by atoms with E-state index in [1.807, 2.05) is 12.1 Å². The number of piperidine rings is 1. The quantitative estimate of drug-likeness (QED) is 0.899. The number of hydrogen-bond donors (Lipinski definition) is 2. The molecule has 0 amide bonds. The Morgan fingerprint density at radius 3 is 2.88 bits per heavy atom. The highest BCUT2D eigenvalue weighted by atomic mass is 15.2. The fourth-order valence-corrected chi connectivity index (χ4v) is 3.26. The van der Waals surface area contributed by atoms with Gasteiger partial charge in [-0.15, -0.1) is 0 Å². The Bertz CT molecular complexity index is 780. The highest BCUT2D eigenvalue weighted by Crippen LogP contribution is 2.27. The minimum absolute atomic E-state index is 0.0801. The largest absolute Gasteiger partial charge is 0.382 e. The van der Waals surface area contributed by atoms with Crippen molar-refractivity contribution in [2.45, 2.75) is 38.8 Å². The Morgan fingerprint density at radius 2 is 2.12 bits per heavy atom. The van der Waals surface area contributed by atoms with Gasteiger partial charge in [0, 0.05) is 18.2 Å². The van der Waals surface area contributed by atoms with Gasteiger partial charge in [-0.2, -0.15) is 10.2 Å². The molecule has 1 atom stereocenters. The second-order valence-corrected chi connectivity index (χ2v) is 6.32. The van der Waals surface area contributed by atoms with Gasteiger partial charge in [0.15, 0.2) is 0 Å². The van der Waals surface area contributed by atoms with Crippen molar-refractivity contribution in [3.05, 3.63) is 35.4 Å². The normalized spacial score (nSPS) is 18.2. The molecule has 1 aliphatic heterocycles. The third kappa shape index (κ3) is 3.31. The first-order valence-corrected chi connectivity index (χ1v) is 8.25. The van der Waals surface area contributed by atoms with E-state index in [1.165, 1.54) is 24.8 Å². The summed E-state index contributed by atoms with van der Waals surface area (Å²) in [6.07, 6.45) is 3.81. The van der Waals surface area contributed by atoms with Gasteiger partial charge in [-0.1, -0.05) is 24.6 Å². The lowest BCUT2D eigenvalue weighted by Gasteiger charge is -2.33. The second-order valence-electron chi connectivity index (χ2n) is 6.32. The molecule has 0 aliphatic carbocycles. The van der Waals surface area contributed by atoms with Crippen LogP contribution in [0.1, 0.15) is 37.3 Å². The van der Waals surface area contributed by atoms with E-state index >= 15 is 0 Å². The summed E-state index contributed by atoms with van der Waals surface area (Å²) in [6, 6.07) is 10.7. The average molecular weight is 322 g/mol. The molecule has 6 nitrogen and oxygen atoms in total. The van der Waals surface area contributed by atoms with Gasteiger partial charge in [-0.3, -0.25) is 4.90 Å². The Labute approximate surface area is 142 Å². The van der Waals surface area contributed by atoms with E-state index in [9.17, 15) is 5.26 Å². The molecule has 24 heavy (non-hydrogen) atoms. The fraction of sp³-hybridized carbons (Fsp3) is 0.389. The van der Waals surface area contributed by atoms with Crippen LogP contribution in [0.15, 0.2) is 24.3 Å². The molecule has 4 N–H and O–H groups in total. The van der Waals surface area contributed by atoms with Gasteiger partial charge >= 0.3 is 0 Å². The van der Waals surface area contributed by atoms with Crippen molar-refractivity contribution in [3.63, 3.8) is 0 Å². The molecular weight excluding hydrogens is 300 g/mol. The van der Waals surface area contributed by atoms with Crippen LogP contribution in [0, 0.1) is 11.3 Å². The van der Waals surface area contributed by atoms with Gasteiger partial charge in [-0.25, -0.2) is 4.98 Å². The lowest BCUT2D eigenvalue weighted by atomic mass is 10.0. The lowest BCUT2D eigenvalue weighted by molar-refractivity contribution is 0.152. The molecule has 1 aromatic heterocycles. The average Bonchev–Trinajstić information content (AvgIpc) is 2.57. The first kappa shape index (κ1) is 16.2. The number of nitrogens with zero attached hydrogens (tertiary/aromatic N) is 4. The van der Waals surface area contributed by atoms with Gasteiger partial charge in [-0.05, 0) is 37.9 Å². The van der Waals surface area contributed by atoms with Crippen LogP contribution in [-0.4, -0.2) is 27.5 Å². The van der Waals surface area contributed by atoms with Gasteiger partial charge in [0.05, 0.1) is 5.69 Å². The zero-order valence-electron chi connectivity index (χ0n) is 13.9. The standard InChI is InChI=1S/C18H22N6/c1-12-5-2-3-8-24(12)11-13-6-4-7-14(9-13)16-15(10-19)17(20)23-18(21)22-16/h4,6-7,9,12H,2-3,5,8,11H2,1H3,(H4,20,21,22,23). The number of nitriles is 1. The number of rotatable bonds is 3. The first-order valence-electron chi connectivity index (χ1n) is 8.25. The summed E-state index contributed by atoms with van der Waals surface area (Å²) in [6.45, 7) is 4.30. The van der Waals surface area contributed by atoms with Crippen molar-refractivity contribution < 1.29 is 0 Å². The highest BCUT2D eigenvalue weighted by molar-refractivity contribution is 5.73. The number of nitrogen functional groups attached to an aromatic ring is 2. The number of aromatic nitrogens is 2. The predicted octanol–water partition coefficient (Wildman–Crippen LogP) is 2.55. The van der Waals surface area contributed by atoms with Crippen molar-refractivity contribution in [2.24, 2.45) is 0 Å². The number of hydrogen-bond acceptors (Lipinski definition) is 6. The maximum absolute atomic E-state index is 9.36. The Morgan fingerprint density at radius 1 is 1.29 bits per heavy atom. The van der Waals surface area contributed by atoms with Crippen LogP contribution in [0.3, 0.4) is 0 Å². The topological polar surface area (TPSA) is 105 Å². The second kappa shape index (κ2) is 6.85. The lowest BCUT2D eigenvalue weighted by Crippen LogP contribution is -2.36.